The summed E-state index contributed by atoms with van der Waals surface area (Å²) in [5, 5.41) is 32.7. The standard InChI is InChI=1S/C22H27NO6/c1-4-21(2,27)13-8-14-19(25)18-16(29-22(14,3)17(24)9-13)10-15(28-20(18)26)12-6-5-7-23-11-12/h5-7,10-11,13-14,17,19,24-25,27H,4,8-9H2,1-3H3/t13-,14-,17-,19-,21?,22-/m1/s1. The van der Waals surface area contributed by atoms with Crippen LogP contribution in [0.15, 0.2) is 39.8 Å². The maximum Gasteiger partial charge on any atom is 0.345 e. The number of hydrogen-bond donors (Lipinski definition) is 3. The number of hydrogen-bond acceptors (Lipinski definition) is 7. The fourth-order valence-electron chi connectivity index (χ4n) is 4.69. The van der Waals surface area contributed by atoms with Crippen molar-refractivity contribution < 1.29 is 24.5 Å². The highest BCUT2D eigenvalue weighted by molar-refractivity contribution is 5.58. The lowest BCUT2D eigenvalue weighted by Gasteiger charge is -2.53. The molecule has 1 saturated carbocycles. The van der Waals surface area contributed by atoms with E-state index in [9.17, 15) is 20.1 Å². The Kier molecular flexibility index (Phi) is 4.80. The van der Waals surface area contributed by atoms with Crippen molar-refractivity contribution >= 4 is 0 Å². The molecule has 0 spiro atoms. The minimum atomic E-state index is -1.16. The zero-order valence-corrected chi connectivity index (χ0v) is 16.8. The number of aromatic nitrogens is 1. The van der Waals surface area contributed by atoms with E-state index in [1.54, 1.807) is 44.4 Å². The van der Waals surface area contributed by atoms with E-state index in [4.69, 9.17) is 9.15 Å². The SMILES string of the molecule is CCC(C)(O)[C@H]1C[C@@H](O)[C@]2(C)Oc3cc(-c4cccnc4)oc(=O)c3[C@H](O)[C@H]2C1. The van der Waals surface area contributed by atoms with Crippen molar-refractivity contribution in [2.24, 2.45) is 11.8 Å². The van der Waals surface area contributed by atoms with Gasteiger partial charge in [0.25, 0.3) is 0 Å². The van der Waals surface area contributed by atoms with E-state index >= 15 is 0 Å². The summed E-state index contributed by atoms with van der Waals surface area (Å²) in [6.45, 7) is 5.38. The average molecular weight is 401 g/mol. The van der Waals surface area contributed by atoms with Crippen LogP contribution in [-0.4, -0.2) is 37.6 Å². The van der Waals surface area contributed by atoms with Crippen molar-refractivity contribution in [1.29, 1.82) is 0 Å². The lowest BCUT2D eigenvalue weighted by Crippen LogP contribution is -2.61. The Morgan fingerprint density at radius 2 is 2.10 bits per heavy atom. The summed E-state index contributed by atoms with van der Waals surface area (Å²) in [4.78, 5) is 16.8. The zero-order valence-electron chi connectivity index (χ0n) is 16.8. The molecule has 0 radical (unpaired) electrons. The van der Waals surface area contributed by atoms with Crippen LogP contribution in [0.2, 0.25) is 0 Å². The van der Waals surface area contributed by atoms with E-state index in [2.05, 4.69) is 4.98 Å². The number of pyridine rings is 1. The molecular weight excluding hydrogens is 374 g/mol. The fraction of sp³-hybridized carbons (Fsp3) is 0.545. The molecule has 3 N–H and O–H groups in total. The van der Waals surface area contributed by atoms with Gasteiger partial charge in [-0.25, -0.2) is 4.79 Å². The summed E-state index contributed by atoms with van der Waals surface area (Å²) in [5.74, 6) is -0.268. The third-order valence-electron chi connectivity index (χ3n) is 6.94. The van der Waals surface area contributed by atoms with Gasteiger partial charge >= 0.3 is 5.63 Å². The van der Waals surface area contributed by atoms with Crippen LogP contribution in [0.5, 0.6) is 5.75 Å². The van der Waals surface area contributed by atoms with Crippen LogP contribution in [0.25, 0.3) is 11.3 Å². The highest BCUT2D eigenvalue weighted by Gasteiger charge is 2.57. The van der Waals surface area contributed by atoms with Crippen LogP contribution in [0.1, 0.15) is 51.7 Å². The monoisotopic (exact) mass is 401 g/mol. The molecule has 2 aromatic heterocycles. The number of nitrogens with zero attached hydrogens (tertiary/aromatic N) is 1. The predicted molar refractivity (Wildman–Crippen MR) is 105 cm³/mol. The minimum absolute atomic E-state index is 0.0594. The van der Waals surface area contributed by atoms with Crippen LogP contribution in [0.3, 0.4) is 0 Å². The molecule has 1 aliphatic heterocycles. The van der Waals surface area contributed by atoms with E-state index in [1.165, 1.54) is 0 Å². The normalized spacial score (nSPS) is 33.2. The van der Waals surface area contributed by atoms with Gasteiger partial charge in [0, 0.05) is 29.9 Å². The first-order valence-electron chi connectivity index (χ1n) is 10.0. The summed E-state index contributed by atoms with van der Waals surface area (Å²) in [6, 6.07) is 5.06. The van der Waals surface area contributed by atoms with Crippen LogP contribution in [0.4, 0.5) is 0 Å². The molecule has 7 heteroatoms. The summed E-state index contributed by atoms with van der Waals surface area (Å²) >= 11 is 0. The van der Waals surface area contributed by atoms with Crippen molar-refractivity contribution in [1.82, 2.24) is 4.98 Å². The summed E-state index contributed by atoms with van der Waals surface area (Å²) in [7, 11) is 0. The third-order valence-corrected chi connectivity index (χ3v) is 6.94. The third kappa shape index (κ3) is 3.17. The predicted octanol–water partition coefficient (Wildman–Crippen LogP) is 2.43. The Morgan fingerprint density at radius 1 is 1.34 bits per heavy atom. The molecule has 3 heterocycles. The maximum absolute atomic E-state index is 12.7. The maximum atomic E-state index is 12.7. The zero-order chi connectivity index (χ0) is 21.0. The number of ether oxygens (including phenoxy) is 1. The van der Waals surface area contributed by atoms with Crippen LogP contribution in [0, 0.1) is 11.8 Å². The largest absolute Gasteiger partial charge is 0.484 e. The molecule has 29 heavy (non-hydrogen) atoms. The van der Waals surface area contributed by atoms with Crippen molar-refractivity contribution in [2.75, 3.05) is 0 Å². The molecule has 1 aliphatic carbocycles. The molecule has 2 aromatic rings. The van der Waals surface area contributed by atoms with E-state index < -0.39 is 35.0 Å². The Balaban J connectivity index is 1.77. The fourth-order valence-corrected chi connectivity index (χ4v) is 4.69. The molecule has 1 unspecified atom stereocenters. The van der Waals surface area contributed by atoms with Crippen LogP contribution < -0.4 is 10.4 Å². The van der Waals surface area contributed by atoms with Gasteiger partial charge in [-0.1, -0.05) is 6.92 Å². The molecule has 1 fully saturated rings. The molecular formula is C22H27NO6. The number of aliphatic hydroxyl groups excluding tert-OH is 2. The van der Waals surface area contributed by atoms with Crippen molar-refractivity contribution in [3.05, 3.63) is 46.6 Å². The van der Waals surface area contributed by atoms with Gasteiger partial charge < -0.3 is 24.5 Å². The van der Waals surface area contributed by atoms with Gasteiger partial charge in [0.05, 0.1) is 17.8 Å². The second-order valence-corrected chi connectivity index (χ2v) is 8.65. The van der Waals surface area contributed by atoms with Gasteiger partial charge in [0.15, 0.2) is 0 Å². The topological polar surface area (TPSA) is 113 Å². The minimum Gasteiger partial charge on any atom is -0.484 e. The Bertz CT molecular complexity index is 956. The van der Waals surface area contributed by atoms with Gasteiger partial charge in [-0.15, -0.1) is 0 Å². The van der Waals surface area contributed by atoms with Gasteiger partial charge in [0.2, 0.25) is 0 Å². The van der Waals surface area contributed by atoms with Gasteiger partial charge in [-0.05, 0) is 51.2 Å². The number of fused-ring (bicyclic) bond motifs is 2. The molecule has 156 valence electrons. The summed E-state index contributed by atoms with van der Waals surface area (Å²) < 4.78 is 11.6. The number of aliphatic hydroxyl groups is 3. The highest BCUT2D eigenvalue weighted by Crippen LogP contribution is 2.53. The van der Waals surface area contributed by atoms with Gasteiger partial charge in [-0.3, -0.25) is 4.98 Å². The number of rotatable bonds is 3. The molecule has 6 atom stereocenters. The molecule has 0 aromatic carbocycles. The molecule has 0 amide bonds. The van der Waals surface area contributed by atoms with Crippen molar-refractivity contribution in [3.8, 4) is 17.1 Å². The van der Waals surface area contributed by atoms with Crippen molar-refractivity contribution in [3.63, 3.8) is 0 Å². The van der Waals surface area contributed by atoms with Crippen LogP contribution in [-0.2, 0) is 0 Å². The Hall–Kier alpha value is -2.22. The molecule has 2 aliphatic rings. The first kappa shape index (κ1) is 20.1. The van der Waals surface area contributed by atoms with Gasteiger partial charge in [0.1, 0.15) is 22.7 Å². The Morgan fingerprint density at radius 3 is 2.76 bits per heavy atom. The molecule has 0 saturated heterocycles. The average Bonchev–Trinajstić information content (AvgIpc) is 2.69. The summed E-state index contributed by atoms with van der Waals surface area (Å²) in [6.07, 6.45) is 2.44. The molecule has 4 rings (SSSR count). The smallest absolute Gasteiger partial charge is 0.345 e. The lowest BCUT2D eigenvalue weighted by molar-refractivity contribution is -0.185. The first-order chi connectivity index (χ1) is 13.7. The van der Waals surface area contributed by atoms with Crippen molar-refractivity contribution in [2.45, 2.75) is 63.4 Å². The quantitative estimate of drug-likeness (QED) is 0.724. The van der Waals surface area contributed by atoms with E-state index in [0.717, 1.165) is 0 Å². The Labute approximate surface area is 169 Å². The second kappa shape index (κ2) is 6.93. The van der Waals surface area contributed by atoms with E-state index in [-0.39, 0.29) is 23.0 Å². The molecule has 0 bridgehead atoms. The lowest BCUT2D eigenvalue weighted by atomic mass is 9.62. The van der Waals surface area contributed by atoms with Crippen LogP contribution >= 0.6 is 0 Å². The highest BCUT2D eigenvalue weighted by atomic mass is 16.5. The van der Waals surface area contributed by atoms with E-state index in [1.807, 2.05) is 6.92 Å². The second-order valence-electron chi connectivity index (χ2n) is 8.65. The molecule has 7 nitrogen and oxygen atoms in total. The summed E-state index contributed by atoms with van der Waals surface area (Å²) in [5.41, 5.74) is -2.05. The van der Waals surface area contributed by atoms with E-state index in [0.29, 0.717) is 24.8 Å². The van der Waals surface area contributed by atoms with Gasteiger partial charge in [-0.2, -0.15) is 0 Å². The first-order valence-corrected chi connectivity index (χ1v) is 10.0.